The van der Waals surface area contributed by atoms with Gasteiger partial charge in [-0.2, -0.15) is 0 Å². The zero-order valence-corrected chi connectivity index (χ0v) is 8.97. The van der Waals surface area contributed by atoms with Gasteiger partial charge in [0.1, 0.15) is 11.5 Å². The van der Waals surface area contributed by atoms with E-state index in [2.05, 4.69) is 5.32 Å². The highest BCUT2D eigenvalue weighted by atomic mass is 16.3. The number of likely N-dealkylation sites (N-methyl/N-ethyl adjacent to an activating group) is 1. The number of benzene rings is 1. The molecule has 1 fully saturated rings. The summed E-state index contributed by atoms with van der Waals surface area (Å²) < 4.78 is 0. The van der Waals surface area contributed by atoms with Crippen molar-refractivity contribution in [2.24, 2.45) is 0 Å². The molecule has 0 atom stereocenters. The third-order valence-corrected chi connectivity index (χ3v) is 2.84. The van der Waals surface area contributed by atoms with Crippen molar-refractivity contribution in [3.63, 3.8) is 0 Å². The lowest BCUT2D eigenvalue weighted by Gasteiger charge is -2.35. The third kappa shape index (κ3) is 1.81. The Hall–Kier alpha value is -1.75. The lowest BCUT2D eigenvalue weighted by molar-refractivity contribution is 0.0677. The van der Waals surface area contributed by atoms with Crippen LogP contribution in [0.25, 0.3) is 0 Å². The molecule has 5 nitrogen and oxygen atoms in total. The molecule has 1 amide bonds. The predicted octanol–water partition coefficient (Wildman–Crippen LogP) is 0.142. The maximum Gasteiger partial charge on any atom is 0.257 e. The average Bonchev–Trinajstić information content (AvgIpc) is 2.18. The first-order valence-corrected chi connectivity index (χ1v) is 5.09. The van der Waals surface area contributed by atoms with Crippen LogP contribution in [-0.2, 0) is 0 Å². The Morgan fingerprint density at radius 3 is 2.69 bits per heavy atom. The topological polar surface area (TPSA) is 72.8 Å². The number of rotatable bonds is 2. The second-order valence-corrected chi connectivity index (χ2v) is 3.93. The number of hydrogen-bond donors (Lipinski definition) is 3. The Morgan fingerprint density at radius 2 is 2.12 bits per heavy atom. The molecule has 0 unspecified atom stereocenters. The van der Waals surface area contributed by atoms with Gasteiger partial charge in [0.15, 0.2) is 0 Å². The van der Waals surface area contributed by atoms with Crippen LogP contribution in [0, 0.1) is 0 Å². The van der Waals surface area contributed by atoms with Crippen LogP contribution in [0.4, 0.5) is 0 Å². The number of hydrogen-bond acceptors (Lipinski definition) is 4. The van der Waals surface area contributed by atoms with E-state index in [0.717, 1.165) is 13.1 Å². The first kappa shape index (κ1) is 10.8. The highest BCUT2D eigenvalue weighted by molar-refractivity contribution is 5.97. The van der Waals surface area contributed by atoms with E-state index in [4.69, 9.17) is 0 Å². The minimum atomic E-state index is -0.278. The summed E-state index contributed by atoms with van der Waals surface area (Å²) in [7, 11) is 1.69. The van der Waals surface area contributed by atoms with Crippen LogP contribution in [0.2, 0.25) is 0 Å². The molecule has 1 aromatic carbocycles. The fraction of sp³-hybridized carbons (Fsp3) is 0.364. The Labute approximate surface area is 93.3 Å². The van der Waals surface area contributed by atoms with Crippen molar-refractivity contribution in [1.82, 2.24) is 10.2 Å². The summed E-state index contributed by atoms with van der Waals surface area (Å²) in [6.07, 6.45) is 0. The molecule has 0 aliphatic carbocycles. The van der Waals surface area contributed by atoms with Crippen molar-refractivity contribution in [2.45, 2.75) is 6.04 Å². The van der Waals surface area contributed by atoms with Crippen molar-refractivity contribution in [3.8, 4) is 11.5 Å². The molecule has 0 spiro atoms. The molecular formula is C11H14N2O3. The van der Waals surface area contributed by atoms with Crippen LogP contribution in [-0.4, -0.2) is 47.2 Å². The minimum Gasteiger partial charge on any atom is -0.508 e. The molecule has 1 aliphatic heterocycles. The van der Waals surface area contributed by atoms with E-state index >= 15 is 0 Å². The monoisotopic (exact) mass is 222 g/mol. The Morgan fingerprint density at radius 1 is 1.44 bits per heavy atom. The van der Waals surface area contributed by atoms with E-state index < -0.39 is 0 Å². The van der Waals surface area contributed by atoms with E-state index in [9.17, 15) is 15.0 Å². The van der Waals surface area contributed by atoms with E-state index in [1.807, 2.05) is 0 Å². The maximum absolute atomic E-state index is 12.0. The molecule has 0 aromatic heterocycles. The third-order valence-electron chi connectivity index (χ3n) is 2.84. The smallest absolute Gasteiger partial charge is 0.257 e. The fourth-order valence-electron chi connectivity index (χ4n) is 1.60. The molecule has 1 heterocycles. The summed E-state index contributed by atoms with van der Waals surface area (Å²) in [5, 5.41) is 21.9. The number of nitrogens with one attached hydrogen (secondary N) is 1. The van der Waals surface area contributed by atoms with Crippen LogP contribution < -0.4 is 5.32 Å². The quantitative estimate of drug-likeness (QED) is 0.622. The zero-order valence-electron chi connectivity index (χ0n) is 8.97. The van der Waals surface area contributed by atoms with E-state index in [1.54, 1.807) is 11.9 Å². The van der Waals surface area contributed by atoms with E-state index in [1.165, 1.54) is 18.2 Å². The molecule has 2 rings (SSSR count). The second kappa shape index (κ2) is 4.02. The van der Waals surface area contributed by atoms with Gasteiger partial charge in [0.2, 0.25) is 0 Å². The van der Waals surface area contributed by atoms with Gasteiger partial charge in [-0.3, -0.25) is 4.79 Å². The number of nitrogens with zero attached hydrogens (tertiary/aromatic N) is 1. The Bertz CT molecular complexity index is 416. The van der Waals surface area contributed by atoms with Gasteiger partial charge in [0.05, 0.1) is 11.6 Å². The van der Waals surface area contributed by atoms with Crippen molar-refractivity contribution < 1.29 is 15.0 Å². The fourth-order valence-corrected chi connectivity index (χ4v) is 1.60. The lowest BCUT2D eigenvalue weighted by atomic mass is 10.1. The SMILES string of the molecule is CN(C(=O)c1cc(O)ccc1O)C1CNC1. The van der Waals surface area contributed by atoms with Crippen molar-refractivity contribution in [3.05, 3.63) is 23.8 Å². The first-order valence-electron chi connectivity index (χ1n) is 5.09. The van der Waals surface area contributed by atoms with Crippen molar-refractivity contribution >= 4 is 5.91 Å². The summed E-state index contributed by atoms with van der Waals surface area (Å²) in [4.78, 5) is 13.6. The summed E-state index contributed by atoms with van der Waals surface area (Å²) >= 11 is 0. The van der Waals surface area contributed by atoms with Gasteiger partial charge in [-0.15, -0.1) is 0 Å². The molecule has 0 bridgehead atoms. The number of carbonyl (C=O) groups is 1. The first-order chi connectivity index (χ1) is 7.59. The number of amides is 1. The van der Waals surface area contributed by atoms with Gasteiger partial charge in [0.25, 0.3) is 5.91 Å². The van der Waals surface area contributed by atoms with E-state index in [-0.39, 0.29) is 29.0 Å². The molecule has 16 heavy (non-hydrogen) atoms. The molecule has 0 saturated carbocycles. The maximum atomic E-state index is 12.0. The highest BCUT2D eigenvalue weighted by Gasteiger charge is 2.27. The van der Waals surface area contributed by atoms with Gasteiger partial charge in [-0.1, -0.05) is 0 Å². The normalized spacial score (nSPS) is 15.6. The van der Waals surface area contributed by atoms with Crippen molar-refractivity contribution in [1.29, 1.82) is 0 Å². The van der Waals surface area contributed by atoms with E-state index in [0.29, 0.717) is 0 Å². The Balaban J connectivity index is 2.22. The highest BCUT2D eigenvalue weighted by Crippen LogP contribution is 2.24. The van der Waals surface area contributed by atoms with Crippen LogP contribution in [0.1, 0.15) is 10.4 Å². The van der Waals surface area contributed by atoms with Gasteiger partial charge >= 0.3 is 0 Å². The second-order valence-electron chi connectivity index (χ2n) is 3.93. The number of aromatic hydroxyl groups is 2. The standard InChI is InChI=1S/C11H14N2O3/c1-13(7-5-12-6-7)11(16)9-4-8(14)2-3-10(9)15/h2-4,7,12,14-15H,5-6H2,1H3. The predicted molar refractivity (Wildman–Crippen MR) is 58.5 cm³/mol. The molecule has 3 N–H and O–H groups in total. The van der Waals surface area contributed by atoms with Crippen LogP contribution in [0.5, 0.6) is 11.5 Å². The number of phenolic OH excluding ortho intramolecular Hbond substituents is 2. The number of phenols is 2. The Kier molecular flexibility index (Phi) is 2.70. The number of carbonyl (C=O) groups excluding carboxylic acids is 1. The van der Waals surface area contributed by atoms with Gasteiger partial charge in [-0.25, -0.2) is 0 Å². The summed E-state index contributed by atoms with van der Waals surface area (Å²) in [6, 6.07) is 4.10. The average molecular weight is 222 g/mol. The molecule has 1 aromatic rings. The molecule has 0 radical (unpaired) electrons. The molecule has 1 aliphatic rings. The van der Waals surface area contributed by atoms with Gasteiger partial charge in [0, 0.05) is 20.1 Å². The molecule has 1 saturated heterocycles. The molecular weight excluding hydrogens is 208 g/mol. The zero-order chi connectivity index (χ0) is 11.7. The minimum absolute atomic E-state index is 0.0266. The van der Waals surface area contributed by atoms with Gasteiger partial charge in [-0.05, 0) is 18.2 Å². The van der Waals surface area contributed by atoms with Crippen LogP contribution in [0.3, 0.4) is 0 Å². The van der Waals surface area contributed by atoms with Crippen LogP contribution in [0.15, 0.2) is 18.2 Å². The largest absolute Gasteiger partial charge is 0.508 e. The molecule has 86 valence electrons. The summed E-state index contributed by atoms with van der Waals surface area (Å²) in [6.45, 7) is 1.53. The summed E-state index contributed by atoms with van der Waals surface area (Å²) in [5.41, 5.74) is 0.134. The van der Waals surface area contributed by atoms with Crippen molar-refractivity contribution in [2.75, 3.05) is 20.1 Å². The van der Waals surface area contributed by atoms with Gasteiger partial charge < -0.3 is 20.4 Å². The van der Waals surface area contributed by atoms with Crippen LogP contribution >= 0.6 is 0 Å². The summed E-state index contributed by atoms with van der Waals surface area (Å²) in [5.74, 6) is -0.414. The lowest BCUT2D eigenvalue weighted by Crippen LogP contribution is -2.57. The molecule has 5 heteroatoms.